The smallest absolute Gasteiger partial charge is 0.334 e. The molecule has 0 aromatic heterocycles. The monoisotopic (exact) mass is 187 g/mol. The lowest BCUT2D eigenvalue weighted by atomic mass is 10.3. The Kier molecular flexibility index (Phi) is 6.18. The first kappa shape index (κ1) is 12.1. The third kappa shape index (κ3) is 5.38. The van der Waals surface area contributed by atoms with Crippen molar-refractivity contribution in [2.75, 3.05) is 19.8 Å². The Morgan fingerprint density at radius 1 is 1.69 bits per heavy atom. The number of aliphatic hydroxyl groups excluding tert-OH is 1. The van der Waals surface area contributed by atoms with Gasteiger partial charge in [0, 0.05) is 18.2 Å². The molecular formula is C9H17NO3. The first-order chi connectivity index (χ1) is 6.11. The molecule has 0 aliphatic heterocycles. The summed E-state index contributed by atoms with van der Waals surface area (Å²) in [5.74, 6) is -0.389. The predicted molar refractivity (Wildman–Crippen MR) is 50.3 cm³/mol. The summed E-state index contributed by atoms with van der Waals surface area (Å²) >= 11 is 0. The van der Waals surface area contributed by atoms with Crippen molar-refractivity contribution in [1.82, 2.24) is 5.32 Å². The molecule has 0 spiro atoms. The molecule has 1 atom stereocenters. The fourth-order valence-electron chi connectivity index (χ4n) is 0.667. The zero-order valence-electron chi connectivity index (χ0n) is 8.17. The molecular weight excluding hydrogens is 170 g/mol. The van der Waals surface area contributed by atoms with E-state index in [9.17, 15) is 4.79 Å². The molecule has 4 heteroatoms. The number of ether oxygens (including phenoxy) is 1. The van der Waals surface area contributed by atoms with Gasteiger partial charge < -0.3 is 15.2 Å². The maximum absolute atomic E-state index is 11.0. The van der Waals surface area contributed by atoms with Gasteiger partial charge in [0.1, 0.15) is 0 Å². The summed E-state index contributed by atoms with van der Waals surface area (Å²) in [6.07, 6.45) is 0. The van der Waals surface area contributed by atoms with Crippen LogP contribution in [0.1, 0.15) is 13.8 Å². The molecule has 76 valence electrons. The summed E-state index contributed by atoms with van der Waals surface area (Å²) in [5.41, 5.74) is 0.377. The van der Waals surface area contributed by atoms with Gasteiger partial charge in [-0.05, 0) is 13.8 Å². The topological polar surface area (TPSA) is 58.6 Å². The average molecular weight is 187 g/mol. The number of hydrogen-bond acceptors (Lipinski definition) is 4. The van der Waals surface area contributed by atoms with E-state index in [0.29, 0.717) is 18.7 Å². The summed E-state index contributed by atoms with van der Waals surface area (Å²) in [6.45, 7) is 7.86. The van der Waals surface area contributed by atoms with Gasteiger partial charge in [-0.1, -0.05) is 6.58 Å². The van der Waals surface area contributed by atoms with Gasteiger partial charge in [0.15, 0.2) is 0 Å². The number of hydrogen-bond donors (Lipinski definition) is 2. The summed E-state index contributed by atoms with van der Waals surface area (Å²) in [6, 6.07) is -0.0359. The Morgan fingerprint density at radius 3 is 2.77 bits per heavy atom. The highest BCUT2D eigenvalue weighted by atomic mass is 16.5. The largest absolute Gasteiger partial charge is 0.463 e. The number of nitrogens with one attached hydrogen (secondary N) is 1. The molecule has 13 heavy (non-hydrogen) atoms. The van der Waals surface area contributed by atoms with Gasteiger partial charge in [0.2, 0.25) is 0 Å². The molecule has 0 bridgehead atoms. The number of esters is 1. The second kappa shape index (κ2) is 6.62. The van der Waals surface area contributed by atoms with Crippen LogP contribution in [-0.2, 0) is 9.53 Å². The number of carbonyl (C=O) groups is 1. The summed E-state index contributed by atoms with van der Waals surface area (Å²) in [5, 5.41) is 11.6. The first-order valence-electron chi connectivity index (χ1n) is 4.31. The molecule has 4 nitrogen and oxygen atoms in total. The normalized spacial score (nSPS) is 12.2. The van der Waals surface area contributed by atoms with E-state index in [0.717, 1.165) is 0 Å². The minimum atomic E-state index is -0.389. The molecule has 0 saturated carbocycles. The Bertz CT molecular complexity index is 180. The fraction of sp³-hybridized carbons (Fsp3) is 0.667. The summed E-state index contributed by atoms with van der Waals surface area (Å²) in [4.78, 5) is 11.0. The molecule has 1 unspecified atom stereocenters. The molecule has 2 N–H and O–H groups in total. The van der Waals surface area contributed by atoms with Crippen LogP contribution in [-0.4, -0.2) is 36.9 Å². The highest BCUT2D eigenvalue weighted by molar-refractivity contribution is 5.88. The van der Waals surface area contributed by atoms with Gasteiger partial charge in [-0.2, -0.15) is 0 Å². The van der Waals surface area contributed by atoms with E-state index >= 15 is 0 Å². The van der Waals surface area contributed by atoms with Gasteiger partial charge in [0.05, 0.1) is 13.2 Å². The lowest BCUT2D eigenvalue weighted by molar-refractivity contribution is -0.138. The van der Waals surface area contributed by atoms with E-state index in [4.69, 9.17) is 9.84 Å². The van der Waals surface area contributed by atoms with Crippen LogP contribution >= 0.6 is 0 Å². The molecule has 0 radical (unpaired) electrons. The Morgan fingerprint density at radius 2 is 2.31 bits per heavy atom. The molecule has 0 rings (SSSR count). The van der Waals surface area contributed by atoms with Crippen LogP contribution in [0.4, 0.5) is 0 Å². The Hall–Kier alpha value is -0.870. The van der Waals surface area contributed by atoms with E-state index in [-0.39, 0.29) is 18.6 Å². The molecule has 0 aliphatic rings. The van der Waals surface area contributed by atoms with Crippen LogP contribution in [0.15, 0.2) is 12.2 Å². The molecule has 0 amide bonds. The SMILES string of the molecule is C=C(CNC(C)CO)C(=O)OCC. The average Bonchev–Trinajstić information content (AvgIpc) is 2.13. The highest BCUT2D eigenvalue weighted by Gasteiger charge is 2.08. The maximum Gasteiger partial charge on any atom is 0.334 e. The standard InChI is InChI=1S/C9H17NO3/c1-4-13-9(12)7(2)5-10-8(3)6-11/h8,10-11H,2,4-6H2,1,3H3. The second-order valence-corrected chi connectivity index (χ2v) is 2.79. The van der Waals surface area contributed by atoms with E-state index < -0.39 is 0 Å². The first-order valence-corrected chi connectivity index (χ1v) is 4.31. The number of carbonyl (C=O) groups excluding carboxylic acids is 1. The lowest BCUT2D eigenvalue weighted by Gasteiger charge is -2.11. The quantitative estimate of drug-likeness (QED) is 0.456. The van der Waals surface area contributed by atoms with Gasteiger partial charge in [-0.15, -0.1) is 0 Å². The second-order valence-electron chi connectivity index (χ2n) is 2.79. The van der Waals surface area contributed by atoms with Gasteiger partial charge >= 0.3 is 5.97 Å². The van der Waals surface area contributed by atoms with Gasteiger partial charge in [-0.3, -0.25) is 0 Å². The van der Waals surface area contributed by atoms with Crippen molar-refractivity contribution in [1.29, 1.82) is 0 Å². The van der Waals surface area contributed by atoms with E-state index in [2.05, 4.69) is 11.9 Å². The summed E-state index contributed by atoms with van der Waals surface area (Å²) < 4.78 is 4.73. The minimum absolute atomic E-state index is 0.0359. The van der Waals surface area contributed by atoms with Crippen molar-refractivity contribution in [2.45, 2.75) is 19.9 Å². The Labute approximate surface area is 78.6 Å². The predicted octanol–water partition coefficient (Wildman–Crippen LogP) is 0.0761. The van der Waals surface area contributed by atoms with E-state index in [1.165, 1.54) is 0 Å². The molecule has 0 heterocycles. The maximum atomic E-state index is 11.0. The van der Waals surface area contributed by atoms with Crippen LogP contribution in [0.2, 0.25) is 0 Å². The van der Waals surface area contributed by atoms with Crippen LogP contribution < -0.4 is 5.32 Å². The zero-order chi connectivity index (χ0) is 10.3. The lowest BCUT2D eigenvalue weighted by Crippen LogP contribution is -2.32. The minimum Gasteiger partial charge on any atom is -0.463 e. The molecule has 0 aromatic carbocycles. The third-order valence-corrected chi connectivity index (χ3v) is 1.50. The highest BCUT2D eigenvalue weighted by Crippen LogP contribution is 1.93. The van der Waals surface area contributed by atoms with Crippen molar-refractivity contribution in [3.8, 4) is 0 Å². The Balaban J connectivity index is 3.68. The van der Waals surface area contributed by atoms with Crippen molar-refractivity contribution in [2.24, 2.45) is 0 Å². The molecule has 0 aliphatic carbocycles. The summed E-state index contributed by atoms with van der Waals surface area (Å²) in [7, 11) is 0. The number of aliphatic hydroxyl groups is 1. The van der Waals surface area contributed by atoms with Crippen LogP contribution in [0.25, 0.3) is 0 Å². The van der Waals surface area contributed by atoms with Gasteiger partial charge in [0.25, 0.3) is 0 Å². The van der Waals surface area contributed by atoms with Crippen molar-refractivity contribution >= 4 is 5.97 Å². The van der Waals surface area contributed by atoms with Crippen molar-refractivity contribution < 1.29 is 14.6 Å². The van der Waals surface area contributed by atoms with E-state index in [1.807, 2.05) is 6.92 Å². The van der Waals surface area contributed by atoms with Crippen molar-refractivity contribution in [3.05, 3.63) is 12.2 Å². The van der Waals surface area contributed by atoms with E-state index in [1.54, 1.807) is 6.92 Å². The number of rotatable bonds is 6. The molecule has 0 aromatic rings. The van der Waals surface area contributed by atoms with Crippen LogP contribution in [0.3, 0.4) is 0 Å². The van der Waals surface area contributed by atoms with Crippen LogP contribution in [0, 0.1) is 0 Å². The molecule has 0 fully saturated rings. The molecule has 0 saturated heterocycles. The third-order valence-electron chi connectivity index (χ3n) is 1.50. The van der Waals surface area contributed by atoms with Crippen molar-refractivity contribution in [3.63, 3.8) is 0 Å². The zero-order valence-corrected chi connectivity index (χ0v) is 8.17. The fourth-order valence-corrected chi connectivity index (χ4v) is 0.667. The van der Waals surface area contributed by atoms with Crippen LogP contribution in [0.5, 0.6) is 0 Å². The van der Waals surface area contributed by atoms with Gasteiger partial charge in [-0.25, -0.2) is 4.79 Å².